The SMILES string of the molecule is [C-]#[N+]c1cccc(-c2cc(-n3c4ccc(C(=O)OCc5ccccc5)cc4c4cc(C(=O)OCc5ccccc5)ccc43)ccc2-c2nc(-c3ccc(-n4c5ccc(C(=O)OCc6ccccc6)cc5c5cc(C(=O)OCc6ccccc6)ccc54)cc3-c3cccc(C#N)c3)nc(-c3ccccc3-c3ccccc3C#N)n2)c1. The monoisotopic (exact) mass is 1480 g/mol. The fourth-order valence-corrected chi connectivity index (χ4v) is 14.5. The maximum atomic E-state index is 14.1. The molecule has 0 aliphatic carbocycles. The summed E-state index contributed by atoms with van der Waals surface area (Å²) in [4.78, 5) is 76.6. The predicted molar refractivity (Wildman–Crippen MR) is 439 cm³/mol. The first-order valence-electron chi connectivity index (χ1n) is 36.6. The zero-order chi connectivity index (χ0) is 77.6. The van der Waals surface area contributed by atoms with E-state index >= 15 is 0 Å². The number of aromatic nitrogens is 5. The fraction of sp³-hybridized carbons (Fsp3) is 0.0408. The third-order valence-corrected chi connectivity index (χ3v) is 20.1. The number of nitriles is 2. The van der Waals surface area contributed by atoms with Gasteiger partial charge in [0.25, 0.3) is 0 Å². The molecule has 542 valence electrons. The summed E-state index contributed by atoms with van der Waals surface area (Å²) in [6, 6.07) is 105. The van der Waals surface area contributed by atoms with Crippen molar-refractivity contribution in [1.82, 2.24) is 24.1 Å². The Labute approximate surface area is 654 Å². The normalized spacial score (nSPS) is 11.1. The van der Waals surface area contributed by atoms with Gasteiger partial charge in [-0.25, -0.2) is 39.0 Å². The Bertz CT molecular complexity index is 6240. The largest absolute Gasteiger partial charge is 0.457 e. The van der Waals surface area contributed by atoms with Gasteiger partial charge in [0.2, 0.25) is 0 Å². The molecule has 114 heavy (non-hydrogen) atoms. The van der Waals surface area contributed by atoms with Gasteiger partial charge in [-0.2, -0.15) is 10.5 Å². The summed E-state index contributed by atoms with van der Waals surface area (Å²) in [7, 11) is 0. The molecule has 3 aromatic heterocycles. The van der Waals surface area contributed by atoms with Crippen molar-refractivity contribution < 1.29 is 38.1 Å². The van der Waals surface area contributed by atoms with Gasteiger partial charge in [0, 0.05) is 55.2 Å². The highest BCUT2D eigenvalue weighted by Gasteiger charge is 2.27. The minimum atomic E-state index is -0.536. The second-order valence-corrected chi connectivity index (χ2v) is 27.2. The van der Waals surface area contributed by atoms with E-state index < -0.39 is 23.9 Å². The molecule has 0 N–H and O–H groups in total. The number of hydrogen-bond donors (Lipinski definition) is 0. The molecule has 0 spiro atoms. The van der Waals surface area contributed by atoms with E-state index in [0.717, 1.165) is 22.3 Å². The molecule has 0 bridgehead atoms. The molecular weight excluding hydrogens is 1420 g/mol. The summed E-state index contributed by atoms with van der Waals surface area (Å²) >= 11 is 0. The smallest absolute Gasteiger partial charge is 0.338 e. The van der Waals surface area contributed by atoms with Crippen LogP contribution in [-0.4, -0.2) is 48.0 Å². The first-order chi connectivity index (χ1) is 56.0. The lowest BCUT2D eigenvalue weighted by Gasteiger charge is -2.18. The van der Waals surface area contributed by atoms with Gasteiger partial charge < -0.3 is 28.1 Å². The van der Waals surface area contributed by atoms with Crippen LogP contribution in [0, 0.1) is 29.2 Å². The minimum Gasteiger partial charge on any atom is -0.457 e. The number of hydrogen-bond acceptors (Lipinski definition) is 13. The van der Waals surface area contributed by atoms with Gasteiger partial charge in [-0.05, 0) is 184 Å². The van der Waals surface area contributed by atoms with E-state index in [-0.39, 0.29) is 43.9 Å². The van der Waals surface area contributed by atoms with Crippen molar-refractivity contribution in [2.45, 2.75) is 26.4 Å². The van der Waals surface area contributed by atoms with Gasteiger partial charge in [-0.1, -0.05) is 194 Å². The van der Waals surface area contributed by atoms with Gasteiger partial charge in [-0.15, -0.1) is 0 Å². The number of carbonyl (C=O) groups is 4. The van der Waals surface area contributed by atoms with Gasteiger partial charge in [0.15, 0.2) is 23.2 Å². The lowest BCUT2D eigenvalue weighted by Crippen LogP contribution is -2.05. The first kappa shape index (κ1) is 71.0. The molecule has 16 heteroatoms. The molecule has 0 fully saturated rings. The molecule has 0 unspecified atom stereocenters. The van der Waals surface area contributed by atoms with Crippen LogP contribution in [-0.2, 0) is 45.4 Å². The highest BCUT2D eigenvalue weighted by Crippen LogP contribution is 2.44. The molecule has 14 aromatic carbocycles. The highest BCUT2D eigenvalue weighted by molar-refractivity contribution is 6.15. The first-order valence-corrected chi connectivity index (χ1v) is 36.6. The molecule has 0 aliphatic rings. The van der Waals surface area contributed by atoms with E-state index in [4.69, 9.17) is 40.5 Å². The van der Waals surface area contributed by atoms with Crippen LogP contribution in [0.5, 0.6) is 0 Å². The molecule has 0 aliphatic heterocycles. The molecule has 0 radical (unpaired) electrons. The average molecular weight is 1480 g/mol. The van der Waals surface area contributed by atoms with E-state index in [1.54, 1.807) is 72.8 Å². The number of benzene rings is 14. The zero-order valence-electron chi connectivity index (χ0n) is 60.8. The summed E-state index contributed by atoms with van der Waals surface area (Å²) < 4.78 is 27.6. The van der Waals surface area contributed by atoms with Crippen LogP contribution in [0.25, 0.3) is 127 Å². The quantitative estimate of drug-likeness (QED) is 0.0396. The Hall–Kier alpha value is -16.0. The molecule has 0 atom stereocenters. The molecule has 17 rings (SSSR count). The van der Waals surface area contributed by atoms with E-state index in [2.05, 4.69) is 26.1 Å². The molecule has 3 heterocycles. The number of nitrogens with zero attached hydrogens (tertiary/aromatic N) is 8. The van der Waals surface area contributed by atoms with E-state index in [9.17, 15) is 29.7 Å². The van der Waals surface area contributed by atoms with Crippen LogP contribution in [0.15, 0.2) is 328 Å². The fourth-order valence-electron chi connectivity index (χ4n) is 14.5. The number of carbonyl (C=O) groups excluding carboxylic acids is 4. The van der Waals surface area contributed by atoms with E-state index in [0.29, 0.717) is 144 Å². The van der Waals surface area contributed by atoms with Gasteiger partial charge in [0.05, 0.1) is 74.2 Å². The van der Waals surface area contributed by atoms with Crippen molar-refractivity contribution in [3.8, 4) is 91.1 Å². The van der Waals surface area contributed by atoms with Crippen molar-refractivity contribution in [3.63, 3.8) is 0 Å². The molecule has 0 saturated heterocycles. The van der Waals surface area contributed by atoms with Crippen molar-refractivity contribution in [2.24, 2.45) is 0 Å². The average Bonchev–Trinajstić information content (AvgIpc) is 1.54. The van der Waals surface area contributed by atoms with Crippen LogP contribution >= 0.6 is 0 Å². The van der Waals surface area contributed by atoms with Crippen molar-refractivity contribution in [1.29, 1.82) is 10.5 Å². The van der Waals surface area contributed by atoms with E-state index in [1.165, 1.54) is 0 Å². The van der Waals surface area contributed by atoms with Crippen LogP contribution < -0.4 is 0 Å². The topological polar surface area (TPSA) is 206 Å². The number of ether oxygens (including phenoxy) is 4. The molecule has 17 aromatic rings. The van der Waals surface area contributed by atoms with Crippen LogP contribution in [0.4, 0.5) is 5.69 Å². The Kier molecular flexibility index (Phi) is 19.5. The Morgan fingerprint density at radius 2 is 0.658 bits per heavy atom. The van der Waals surface area contributed by atoms with Crippen molar-refractivity contribution in [2.75, 3.05) is 0 Å². The summed E-state index contributed by atoms with van der Waals surface area (Å²) in [5.74, 6) is -1.44. The third kappa shape index (κ3) is 14.3. The van der Waals surface area contributed by atoms with Crippen LogP contribution in [0.3, 0.4) is 0 Å². The number of esters is 4. The zero-order valence-corrected chi connectivity index (χ0v) is 60.8. The second-order valence-electron chi connectivity index (χ2n) is 27.2. The number of fused-ring (bicyclic) bond motifs is 6. The summed E-state index contributed by atoms with van der Waals surface area (Å²) in [6.07, 6.45) is 0. The lowest BCUT2D eigenvalue weighted by molar-refractivity contribution is 0.0464. The predicted octanol–water partition coefficient (Wildman–Crippen LogP) is 21.8. The molecule has 0 saturated carbocycles. The van der Waals surface area contributed by atoms with Gasteiger partial charge in [-0.3, -0.25) is 0 Å². The molecule has 0 amide bonds. The molecular formula is C98H62N8O8. The van der Waals surface area contributed by atoms with Crippen molar-refractivity contribution >= 4 is 73.2 Å². The maximum absolute atomic E-state index is 14.1. The minimum absolute atomic E-state index is 0.0548. The summed E-state index contributed by atoms with van der Waals surface area (Å²) in [5.41, 5.74) is 15.3. The Morgan fingerprint density at radius 1 is 0.316 bits per heavy atom. The lowest BCUT2D eigenvalue weighted by atomic mass is 9.94. The van der Waals surface area contributed by atoms with Crippen LogP contribution in [0.1, 0.15) is 74.8 Å². The van der Waals surface area contributed by atoms with Gasteiger partial charge >= 0.3 is 23.9 Å². The summed E-state index contributed by atoms with van der Waals surface area (Å²) in [5, 5.41) is 23.8. The van der Waals surface area contributed by atoms with Gasteiger partial charge in [0.1, 0.15) is 26.4 Å². The Balaban J connectivity index is 0.856. The third-order valence-electron chi connectivity index (χ3n) is 20.1. The highest BCUT2D eigenvalue weighted by atomic mass is 16.5. The standard InChI is InChI=1S/C98H62N8O8/c1-101-74-32-19-31-68(49-74)83-55-76(106-90-46-38-71(97(109)113-60-64-24-10-4-11-25-64)52-86(90)87-53-72(39-47-91(87)106)98(110)114-61-65-26-12-5-13-27-65)41-43-81(83)94-103-92(79-35-17-16-34-78(79)77-33-15-14-29-73(77)57-100)102-93(104-94)80-42-40-75(54-82(80)67-30-18-28-66(48-67)56-99)105-88-44-36-69(95(107)111-58-62-20-6-2-7-21-62)50-84(88)85-51-70(37-45-89(85)105)96(108)112-59-63-22-8-3-9-23-63/h2-55H,58-61H2. The van der Waals surface area contributed by atoms with Crippen molar-refractivity contribution in [3.05, 3.63) is 395 Å². The van der Waals surface area contributed by atoms with Crippen LogP contribution in [0.2, 0.25) is 0 Å². The number of rotatable bonds is 20. The Morgan fingerprint density at radius 3 is 1.04 bits per heavy atom. The second kappa shape index (κ2) is 31.3. The van der Waals surface area contributed by atoms with E-state index in [1.807, 2.05) is 255 Å². The summed E-state index contributed by atoms with van der Waals surface area (Å²) in [6.45, 7) is 8.51. The maximum Gasteiger partial charge on any atom is 0.338 e. The molecule has 16 nitrogen and oxygen atoms in total.